The minimum Gasteiger partial charge on any atom is -0.493 e. The summed E-state index contributed by atoms with van der Waals surface area (Å²) in [5, 5.41) is 5.26. The number of anilines is 1. The van der Waals surface area contributed by atoms with Crippen LogP contribution in [-0.2, 0) is 22.6 Å². The van der Waals surface area contributed by atoms with Crippen molar-refractivity contribution in [3.8, 4) is 11.5 Å². The van der Waals surface area contributed by atoms with Crippen LogP contribution in [0.2, 0.25) is 0 Å². The molecule has 3 aromatic rings. The van der Waals surface area contributed by atoms with Crippen LogP contribution in [0.15, 0.2) is 72.4 Å². The van der Waals surface area contributed by atoms with Gasteiger partial charge in [-0.1, -0.05) is 49.4 Å². The number of nitrogens with zero attached hydrogens (tertiary/aromatic N) is 1. The van der Waals surface area contributed by atoms with E-state index in [1.807, 2.05) is 19.1 Å². The monoisotopic (exact) mass is 503 g/mol. The molecule has 0 unspecified atom stereocenters. The van der Waals surface area contributed by atoms with E-state index in [1.165, 1.54) is 19.3 Å². The van der Waals surface area contributed by atoms with Crippen molar-refractivity contribution < 1.29 is 28.2 Å². The van der Waals surface area contributed by atoms with E-state index in [4.69, 9.17) is 9.47 Å². The van der Waals surface area contributed by atoms with Crippen molar-refractivity contribution >= 4 is 29.6 Å². The predicted octanol–water partition coefficient (Wildman–Crippen LogP) is 4.51. The van der Waals surface area contributed by atoms with Crippen LogP contribution in [0, 0.1) is 5.82 Å². The molecular weight excluding hydrogens is 477 g/mol. The van der Waals surface area contributed by atoms with E-state index in [-0.39, 0.29) is 18.1 Å². The standard InChI is InChI=1S/C28H26FN3O5/c1-3-19-8-5-7-11-22(19)30-26(33)16-32-27(34)23(31-28(32)35)14-18-12-13-24(25(15-18)36-2)37-17-20-9-4-6-10-21(20)29/h4-15H,3,16-17H2,1-2H3,(H,30,33)(H,31,35)/b23-14+. The molecule has 9 heteroatoms. The normalized spacial score (nSPS) is 14.0. The molecule has 8 nitrogen and oxygen atoms in total. The van der Waals surface area contributed by atoms with Crippen LogP contribution in [0.4, 0.5) is 14.9 Å². The first-order chi connectivity index (χ1) is 17.9. The van der Waals surface area contributed by atoms with E-state index in [0.29, 0.717) is 28.3 Å². The topological polar surface area (TPSA) is 97.0 Å². The lowest BCUT2D eigenvalue weighted by atomic mass is 10.1. The molecule has 0 aromatic heterocycles. The van der Waals surface area contributed by atoms with Crippen molar-refractivity contribution in [3.05, 3.63) is 94.9 Å². The first kappa shape index (κ1) is 25.4. The van der Waals surface area contributed by atoms with Gasteiger partial charge < -0.3 is 20.1 Å². The maximum atomic E-state index is 13.9. The van der Waals surface area contributed by atoms with Gasteiger partial charge in [-0.3, -0.25) is 9.59 Å². The van der Waals surface area contributed by atoms with Gasteiger partial charge in [0.1, 0.15) is 24.7 Å². The lowest BCUT2D eigenvalue weighted by Crippen LogP contribution is -2.38. The molecule has 0 radical (unpaired) electrons. The van der Waals surface area contributed by atoms with Crippen molar-refractivity contribution in [1.82, 2.24) is 10.2 Å². The number of halogens is 1. The lowest BCUT2D eigenvalue weighted by Gasteiger charge is -2.13. The molecule has 0 saturated carbocycles. The van der Waals surface area contributed by atoms with Crippen LogP contribution >= 0.6 is 0 Å². The molecule has 4 rings (SSSR count). The number of imide groups is 1. The predicted molar refractivity (Wildman–Crippen MR) is 136 cm³/mol. The Morgan fingerprint density at radius 1 is 1.03 bits per heavy atom. The van der Waals surface area contributed by atoms with E-state index in [0.717, 1.165) is 16.9 Å². The highest BCUT2D eigenvalue weighted by atomic mass is 19.1. The van der Waals surface area contributed by atoms with Crippen molar-refractivity contribution in [1.29, 1.82) is 0 Å². The van der Waals surface area contributed by atoms with Gasteiger partial charge in [-0.05, 0) is 47.9 Å². The largest absolute Gasteiger partial charge is 0.493 e. The molecule has 2 N–H and O–H groups in total. The fourth-order valence-corrected chi connectivity index (χ4v) is 3.83. The fraction of sp³-hybridized carbons (Fsp3) is 0.179. The molecule has 1 aliphatic heterocycles. The molecular formula is C28H26FN3O5. The molecule has 0 spiro atoms. The Balaban J connectivity index is 1.44. The zero-order valence-corrected chi connectivity index (χ0v) is 20.4. The summed E-state index contributed by atoms with van der Waals surface area (Å²) in [7, 11) is 1.46. The number of urea groups is 1. The van der Waals surface area contributed by atoms with Gasteiger partial charge >= 0.3 is 6.03 Å². The number of para-hydroxylation sites is 1. The minimum absolute atomic E-state index is 0.0117. The molecule has 3 aromatic carbocycles. The van der Waals surface area contributed by atoms with Gasteiger partial charge in [0.25, 0.3) is 5.91 Å². The van der Waals surface area contributed by atoms with E-state index in [2.05, 4.69) is 10.6 Å². The molecule has 0 atom stereocenters. The highest BCUT2D eigenvalue weighted by molar-refractivity contribution is 6.16. The van der Waals surface area contributed by atoms with Gasteiger partial charge in [-0.15, -0.1) is 0 Å². The van der Waals surface area contributed by atoms with Crippen LogP contribution in [-0.4, -0.2) is 36.4 Å². The number of benzene rings is 3. The summed E-state index contributed by atoms with van der Waals surface area (Å²) in [5.74, 6) is -0.716. The third kappa shape index (κ3) is 5.95. The Labute approximate surface area is 213 Å². The van der Waals surface area contributed by atoms with Crippen molar-refractivity contribution in [2.24, 2.45) is 0 Å². The van der Waals surface area contributed by atoms with E-state index >= 15 is 0 Å². The number of rotatable bonds is 9. The van der Waals surface area contributed by atoms with Gasteiger partial charge in [0.2, 0.25) is 5.91 Å². The first-order valence-electron chi connectivity index (χ1n) is 11.7. The van der Waals surface area contributed by atoms with Crippen molar-refractivity contribution in [2.75, 3.05) is 19.0 Å². The maximum absolute atomic E-state index is 13.9. The lowest BCUT2D eigenvalue weighted by molar-refractivity contribution is -0.127. The molecule has 1 fully saturated rings. The van der Waals surface area contributed by atoms with E-state index in [1.54, 1.807) is 48.5 Å². The highest BCUT2D eigenvalue weighted by Crippen LogP contribution is 2.30. The number of hydrogen-bond donors (Lipinski definition) is 2. The zero-order chi connectivity index (χ0) is 26.4. The van der Waals surface area contributed by atoms with Crippen molar-refractivity contribution in [3.63, 3.8) is 0 Å². The summed E-state index contributed by atoms with van der Waals surface area (Å²) in [6.45, 7) is 1.56. The van der Waals surface area contributed by atoms with E-state index in [9.17, 15) is 18.8 Å². The summed E-state index contributed by atoms with van der Waals surface area (Å²) in [6, 6.07) is 17.9. The van der Waals surface area contributed by atoms with Crippen LogP contribution in [0.5, 0.6) is 11.5 Å². The molecule has 190 valence electrons. The Kier molecular flexibility index (Phi) is 7.83. The first-order valence-corrected chi connectivity index (χ1v) is 11.7. The van der Waals surface area contributed by atoms with Gasteiger partial charge in [-0.25, -0.2) is 14.1 Å². The number of nitrogens with one attached hydrogen (secondary N) is 2. The minimum atomic E-state index is -0.688. The second-order valence-corrected chi connectivity index (χ2v) is 8.23. The number of amides is 4. The van der Waals surface area contributed by atoms with Crippen LogP contribution in [0.1, 0.15) is 23.6 Å². The number of aryl methyl sites for hydroxylation is 1. The van der Waals surface area contributed by atoms with Gasteiger partial charge in [0.15, 0.2) is 11.5 Å². The second-order valence-electron chi connectivity index (χ2n) is 8.23. The fourth-order valence-electron chi connectivity index (χ4n) is 3.83. The molecule has 1 heterocycles. The number of carbonyl (C=O) groups is 3. The van der Waals surface area contributed by atoms with Crippen LogP contribution in [0.25, 0.3) is 6.08 Å². The number of carbonyl (C=O) groups excluding carboxylic acids is 3. The number of methoxy groups -OCH3 is 1. The van der Waals surface area contributed by atoms with Gasteiger partial charge in [0.05, 0.1) is 7.11 Å². The van der Waals surface area contributed by atoms with Crippen LogP contribution in [0.3, 0.4) is 0 Å². The average molecular weight is 504 g/mol. The highest BCUT2D eigenvalue weighted by Gasteiger charge is 2.35. The summed E-state index contributed by atoms with van der Waals surface area (Å²) < 4.78 is 25.0. The van der Waals surface area contributed by atoms with Crippen molar-refractivity contribution in [2.45, 2.75) is 20.0 Å². The molecule has 1 aliphatic rings. The number of hydrogen-bond acceptors (Lipinski definition) is 5. The maximum Gasteiger partial charge on any atom is 0.329 e. The summed E-state index contributed by atoms with van der Waals surface area (Å²) in [5.41, 5.74) is 2.57. The Bertz CT molecular complexity index is 1370. The third-order valence-corrected chi connectivity index (χ3v) is 5.78. The summed E-state index contributed by atoms with van der Waals surface area (Å²) >= 11 is 0. The Morgan fingerprint density at radius 3 is 2.49 bits per heavy atom. The Hall–Kier alpha value is -4.66. The Morgan fingerprint density at radius 2 is 1.76 bits per heavy atom. The SMILES string of the molecule is CCc1ccccc1NC(=O)CN1C(=O)N/C(=C/c2ccc(OCc3ccccc3F)c(OC)c2)C1=O. The molecule has 1 saturated heterocycles. The van der Waals surface area contributed by atoms with Gasteiger partial charge in [0, 0.05) is 11.3 Å². The van der Waals surface area contributed by atoms with Gasteiger partial charge in [-0.2, -0.15) is 0 Å². The third-order valence-electron chi connectivity index (χ3n) is 5.78. The summed E-state index contributed by atoms with van der Waals surface area (Å²) in [6.07, 6.45) is 2.20. The number of ether oxygens (including phenoxy) is 2. The smallest absolute Gasteiger partial charge is 0.329 e. The molecule has 4 amide bonds. The van der Waals surface area contributed by atoms with Crippen LogP contribution < -0.4 is 20.1 Å². The zero-order valence-electron chi connectivity index (χ0n) is 20.4. The quantitative estimate of drug-likeness (QED) is 0.331. The van der Waals surface area contributed by atoms with E-state index < -0.39 is 24.4 Å². The molecule has 0 bridgehead atoms. The summed E-state index contributed by atoms with van der Waals surface area (Å²) in [4.78, 5) is 38.7. The molecule has 37 heavy (non-hydrogen) atoms. The molecule has 0 aliphatic carbocycles. The average Bonchev–Trinajstić information content (AvgIpc) is 3.16. The second kappa shape index (κ2) is 11.4.